The van der Waals surface area contributed by atoms with Crippen LogP contribution >= 0.6 is 0 Å². The van der Waals surface area contributed by atoms with E-state index in [0.717, 1.165) is 30.0 Å². The molecule has 0 saturated carbocycles. The molecule has 1 amide bonds. The number of carbonyl (C=O) groups excluding carboxylic acids is 1. The number of nitrogens with zero attached hydrogens (tertiary/aromatic N) is 1. The van der Waals surface area contributed by atoms with E-state index in [9.17, 15) is 4.79 Å². The summed E-state index contributed by atoms with van der Waals surface area (Å²) >= 11 is 0. The number of aromatic amines is 1. The summed E-state index contributed by atoms with van der Waals surface area (Å²) in [4.78, 5) is 17.9. The third-order valence-electron chi connectivity index (χ3n) is 3.80. The van der Waals surface area contributed by atoms with Crippen LogP contribution in [0.1, 0.15) is 28.8 Å². The van der Waals surface area contributed by atoms with Gasteiger partial charge in [0.05, 0.1) is 19.3 Å². The Morgan fingerprint density at radius 2 is 1.86 bits per heavy atom. The molecule has 21 heavy (non-hydrogen) atoms. The lowest BCUT2D eigenvalue weighted by Crippen LogP contribution is -2.32. The second-order valence-electron chi connectivity index (χ2n) is 5.29. The number of anilines is 1. The van der Waals surface area contributed by atoms with Crippen molar-refractivity contribution in [3.63, 3.8) is 0 Å². The van der Waals surface area contributed by atoms with Crippen LogP contribution in [-0.4, -0.2) is 19.0 Å². The zero-order valence-electron chi connectivity index (χ0n) is 12.0. The van der Waals surface area contributed by atoms with Crippen molar-refractivity contribution in [2.24, 2.45) is 0 Å². The van der Waals surface area contributed by atoms with Gasteiger partial charge >= 0.3 is 0 Å². The van der Waals surface area contributed by atoms with Crippen molar-refractivity contribution in [3.05, 3.63) is 59.8 Å². The van der Waals surface area contributed by atoms with Crippen LogP contribution < -0.4 is 15.2 Å². The molecule has 2 aromatic rings. The molecule has 1 aromatic heterocycles. The van der Waals surface area contributed by atoms with Gasteiger partial charge in [-0.1, -0.05) is 30.3 Å². The zero-order chi connectivity index (χ0) is 14.5. The predicted octanol–water partition coefficient (Wildman–Crippen LogP) is 2.03. The minimum Gasteiger partial charge on any atom is -0.348 e. The fourth-order valence-electron chi connectivity index (χ4n) is 2.69. The second kappa shape index (κ2) is 6.39. The summed E-state index contributed by atoms with van der Waals surface area (Å²) in [7, 11) is 0. The predicted molar refractivity (Wildman–Crippen MR) is 82.1 cm³/mol. The number of benzene rings is 1. The lowest BCUT2D eigenvalue weighted by Gasteiger charge is -2.12. The highest BCUT2D eigenvalue weighted by Crippen LogP contribution is 2.19. The molecule has 3 rings (SSSR count). The Kier molecular flexibility index (Phi) is 4.15. The smallest absolute Gasteiger partial charge is 0.287 e. The lowest BCUT2D eigenvalue weighted by molar-refractivity contribution is -0.364. The van der Waals surface area contributed by atoms with Gasteiger partial charge in [-0.25, -0.2) is 4.98 Å². The van der Waals surface area contributed by atoms with Gasteiger partial charge in [0.25, 0.3) is 11.7 Å². The summed E-state index contributed by atoms with van der Waals surface area (Å²) in [5.74, 6) is 0.901. The monoisotopic (exact) mass is 282 g/mol. The van der Waals surface area contributed by atoms with Gasteiger partial charge in [0, 0.05) is 6.54 Å². The Morgan fingerprint density at radius 1 is 1.10 bits per heavy atom. The Balaban J connectivity index is 1.72. The summed E-state index contributed by atoms with van der Waals surface area (Å²) in [6.45, 7) is 2.58. The highest BCUT2D eigenvalue weighted by molar-refractivity contribution is 5.98. The SMILES string of the molecule is O=C(NCc1ccccc1)c1ccc[nH+]c1N1CCCC1. The fourth-order valence-corrected chi connectivity index (χ4v) is 2.69. The van der Waals surface area contributed by atoms with Crippen LogP contribution in [0.15, 0.2) is 48.7 Å². The molecule has 0 aliphatic carbocycles. The van der Waals surface area contributed by atoms with Crippen molar-refractivity contribution in [1.82, 2.24) is 5.32 Å². The Bertz CT molecular complexity index is 606. The molecule has 1 saturated heterocycles. The molecule has 0 atom stereocenters. The van der Waals surface area contributed by atoms with Crippen LogP contribution in [0.5, 0.6) is 0 Å². The van der Waals surface area contributed by atoms with E-state index >= 15 is 0 Å². The van der Waals surface area contributed by atoms with Crippen molar-refractivity contribution in [1.29, 1.82) is 0 Å². The minimum absolute atomic E-state index is 0.0300. The van der Waals surface area contributed by atoms with Gasteiger partial charge in [-0.3, -0.25) is 9.69 Å². The van der Waals surface area contributed by atoms with Crippen molar-refractivity contribution in [2.45, 2.75) is 19.4 Å². The second-order valence-corrected chi connectivity index (χ2v) is 5.29. The molecule has 1 aliphatic heterocycles. The van der Waals surface area contributed by atoms with Crippen LogP contribution in [0.2, 0.25) is 0 Å². The Labute approximate surface area is 124 Å². The van der Waals surface area contributed by atoms with Gasteiger partial charge in [-0.05, 0) is 30.5 Å². The fraction of sp³-hybridized carbons (Fsp3) is 0.294. The van der Waals surface area contributed by atoms with Gasteiger partial charge in [0.1, 0.15) is 5.56 Å². The molecule has 2 heterocycles. The third-order valence-corrected chi connectivity index (χ3v) is 3.80. The molecule has 4 heteroatoms. The highest BCUT2D eigenvalue weighted by Gasteiger charge is 2.26. The number of hydrogen-bond acceptors (Lipinski definition) is 2. The molecule has 2 N–H and O–H groups in total. The van der Waals surface area contributed by atoms with Crippen LogP contribution in [0.25, 0.3) is 0 Å². The maximum atomic E-state index is 12.4. The minimum atomic E-state index is -0.0300. The molecule has 0 spiro atoms. The van der Waals surface area contributed by atoms with E-state index in [1.54, 1.807) is 0 Å². The number of nitrogens with one attached hydrogen (secondary N) is 2. The summed E-state index contributed by atoms with van der Waals surface area (Å²) in [5, 5.41) is 2.99. The van der Waals surface area contributed by atoms with E-state index in [0.29, 0.717) is 6.54 Å². The number of hydrogen-bond donors (Lipinski definition) is 1. The number of carbonyl (C=O) groups is 1. The van der Waals surface area contributed by atoms with Gasteiger partial charge in [0.2, 0.25) is 0 Å². The van der Waals surface area contributed by atoms with Gasteiger partial charge in [-0.2, -0.15) is 0 Å². The topological polar surface area (TPSA) is 46.5 Å². The summed E-state index contributed by atoms with van der Waals surface area (Å²) in [6, 6.07) is 13.7. The summed E-state index contributed by atoms with van der Waals surface area (Å²) in [5.41, 5.74) is 1.82. The van der Waals surface area contributed by atoms with Crippen molar-refractivity contribution in [2.75, 3.05) is 18.0 Å². The molecule has 0 unspecified atom stereocenters. The number of aromatic nitrogens is 1. The van der Waals surface area contributed by atoms with E-state index in [-0.39, 0.29) is 5.91 Å². The standard InChI is InChI=1S/C17H19N3O/c21-17(19-13-14-7-2-1-3-8-14)15-9-6-10-18-16(15)20-11-4-5-12-20/h1-3,6-10H,4-5,11-13H2,(H,19,21)/p+1. The Hall–Kier alpha value is -2.36. The van der Waals surface area contributed by atoms with E-state index in [2.05, 4.69) is 15.2 Å². The van der Waals surface area contributed by atoms with E-state index < -0.39 is 0 Å². The molecular weight excluding hydrogens is 262 g/mol. The maximum Gasteiger partial charge on any atom is 0.287 e. The quantitative estimate of drug-likeness (QED) is 0.932. The van der Waals surface area contributed by atoms with Crippen LogP contribution in [0, 0.1) is 0 Å². The van der Waals surface area contributed by atoms with Crippen molar-refractivity contribution >= 4 is 11.7 Å². The number of pyridine rings is 1. The first kappa shape index (κ1) is 13.6. The highest BCUT2D eigenvalue weighted by atomic mass is 16.1. The van der Waals surface area contributed by atoms with Crippen LogP contribution in [0.3, 0.4) is 0 Å². The third kappa shape index (κ3) is 3.21. The summed E-state index contributed by atoms with van der Waals surface area (Å²) in [6.07, 6.45) is 4.25. The number of H-pyrrole nitrogens is 1. The van der Waals surface area contributed by atoms with E-state index in [4.69, 9.17) is 0 Å². The zero-order valence-corrected chi connectivity index (χ0v) is 12.0. The first-order valence-electron chi connectivity index (χ1n) is 7.42. The normalized spacial score (nSPS) is 14.2. The average molecular weight is 282 g/mol. The van der Waals surface area contributed by atoms with E-state index in [1.165, 1.54) is 12.8 Å². The molecule has 1 fully saturated rings. The summed E-state index contributed by atoms with van der Waals surface area (Å²) < 4.78 is 0. The maximum absolute atomic E-state index is 12.4. The largest absolute Gasteiger partial charge is 0.348 e. The number of amides is 1. The first-order valence-corrected chi connectivity index (χ1v) is 7.42. The van der Waals surface area contributed by atoms with Crippen LogP contribution in [0.4, 0.5) is 5.82 Å². The van der Waals surface area contributed by atoms with Gasteiger partial charge in [-0.15, -0.1) is 0 Å². The molecule has 1 aromatic carbocycles. The molecular formula is C17H20N3O+. The Morgan fingerprint density at radius 3 is 2.62 bits per heavy atom. The number of rotatable bonds is 4. The van der Waals surface area contributed by atoms with Crippen molar-refractivity contribution < 1.29 is 9.78 Å². The molecule has 1 aliphatic rings. The van der Waals surface area contributed by atoms with Gasteiger partial charge < -0.3 is 5.32 Å². The average Bonchev–Trinajstić information content (AvgIpc) is 3.08. The molecule has 108 valence electrons. The molecule has 4 nitrogen and oxygen atoms in total. The van der Waals surface area contributed by atoms with Gasteiger partial charge in [0.15, 0.2) is 0 Å². The van der Waals surface area contributed by atoms with Crippen molar-refractivity contribution in [3.8, 4) is 0 Å². The lowest BCUT2D eigenvalue weighted by atomic mass is 10.2. The molecule has 0 bridgehead atoms. The first-order chi connectivity index (χ1) is 10.3. The van der Waals surface area contributed by atoms with E-state index in [1.807, 2.05) is 48.7 Å². The molecule has 0 radical (unpaired) electrons. The van der Waals surface area contributed by atoms with Crippen LogP contribution in [-0.2, 0) is 6.54 Å².